The number of hydrogen-bond donors (Lipinski definition) is 2. The average molecular weight is 380 g/mol. The molecule has 3 N–H and O–H groups in total. The number of nitrogens with one attached hydrogen (secondary N) is 1. The fraction of sp³-hybridized carbons (Fsp3) is 0.350. The summed E-state index contributed by atoms with van der Waals surface area (Å²) in [5.74, 6) is 1.70. The van der Waals surface area contributed by atoms with E-state index in [0.29, 0.717) is 30.7 Å². The second-order valence-electron chi connectivity index (χ2n) is 6.71. The summed E-state index contributed by atoms with van der Waals surface area (Å²) in [6.07, 6.45) is 3.35. The molecule has 0 amide bonds. The van der Waals surface area contributed by atoms with Crippen LogP contribution in [0, 0.1) is 0 Å². The third-order valence-electron chi connectivity index (χ3n) is 4.80. The van der Waals surface area contributed by atoms with Gasteiger partial charge in [0, 0.05) is 37.4 Å². The Kier molecular flexibility index (Phi) is 5.50. The summed E-state index contributed by atoms with van der Waals surface area (Å²) < 4.78 is 11.8. The van der Waals surface area contributed by atoms with Gasteiger partial charge < -0.3 is 20.5 Å². The molecule has 1 aliphatic heterocycles. The van der Waals surface area contributed by atoms with E-state index in [0.717, 1.165) is 36.2 Å². The first-order valence-electron chi connectivity index (χ1n) is 9.35. The number of benzene rings is 1. The molecule has 146 valence electrons. The lowest BCUT2D eigenvalue weighted by molar-refractivity contribution is 0.179. The number of piperazine rings is 1. The zero-order valence-electron chi connectivity index (χ0n) is 15.8. The highest BCUT2D eigenvalue weighted by molar-refractivity contribution is 5.85. The van der Waals surface area contributed by atoms with Gasteiger partial charge in [-0.05, 0) is 25.2 Å². The van der Waals surface area contributed by atoms with Crippen LogP contribution in [0.1, 0.15) is 11.7 Å². The molecule has 3 heterocycles. The lowest BCUT2D eigenvalue weighted by Gasteiger charge is -2.32. The number of likely N-dealkylation sites (N-methyl/N-ethyl adjacent to an activating group) is 1. The van der Waals surface area contributed by atoms with Gasteiger partial charge in [-0.1, -0.05) is 12.1 Å². The summed E-state index contributed by atoms with van der Waals surface area (Å²) in [7, 11) is 2.09. The third kappa shape index (κ3) is 3.97. The van der Waals surface area contributed by atoms with E-state index in [1.54, 1.807) is 18.5 Å². The van der Waals surface area contributed by atoms with Crippen LogP contribution in [-0.2, 0) is 0 Å². The fourth-order valence-corrected chi connectivity index (χ4v) is 3.33. The summed E-state index contributed by atoms with van der Waals surface area (Å²) in [5, 5.41) is 4.38. The van der Waals surface area contributed by atoms with Crippen LogP contribution in [-0.4, -0.2) is 59.7 Å². The topological polar surface area (TPSA) is 98.4 Å². The van der Waals surface area contributed by atoms with E-state index in [2.05, 4.69) is 32.2 Å². The minimum Gasteiger partial charge on any atom is -0.488 e. The summed E-state index contributed by atoms with van der Waals surface area (Å²) in [6, 6.07) is 9.65. The van der Waals surface area contributed by atoms with E-state index < -0.39 is 0 Å². The normalized spacial score (nSPS) is 17.5. The summed E-state index contributed by atoms with van der Waals surface area (Å²) >= 11 is 0. The third-order valence-corrected chi connectivity index (χ3v) is 4.80. The lowest BCUT2D eigenvalue weighted by atomic mass is 10.1. The smallest absolute Gasteiger partial charge is 0.237 e. The van der Waals surface area contributed by atoms with Crippen LogP contribution in [0.5, 0.6) is 11.6 Å². The maximum atomic E-state index is 5.90. The number of aromatic nitrogens is 3. The van der Waals surface area contributed by atoms with Crippen LogP contribution < -0.4 is 20.5 Å². The van der Waals surface area contributed by atoms with Gasteiger partial charge >= 0.3 is 0 Å². The highest BCUT2D eigenvalue weighted by Crippen LogP contribution is 2.26. The molecule has 1 saturated heterocycles. The van der Waals surface area contributed by atoms with Crippen molar-refractivity contribution in [1.82, 2.24) is 25.2 Å². The van der Waals surface area contributed by atoms with Crippen LogP contribution >= 0.6 is 0 Å². The number of para-hydroxylation sites is 1. The van der Waals surface area contributed by atoms with E-state index >= 15 is 0 Å². The first-order valence-corrected chi connectivity index (χ1v) is 9.35. The molecule has 4 rings (SSSR count). The van der Waals surface area contributed by atoms with Crippen molar-refractivity contribution in [3.05, 3.63) is 48.4 Å². The van der Waals surface area contributed by atoms with E-state index in [1.807, 2.05) is 24.3 Å². The molecule has 0 aliphatic carbocycles. The van der Waals surface area contributed by atoms with E-state index in [1.165, 1.54) is 0 Å². The van der Waals surface area contributed by atoms with Crippen molar-refractivity contribution >= 4 is 16.7 Å². The number of fused-ring (bicyclic) bond motifs is 1. The molecule has 0 unspecified atom stereocenters. The van der Waals surface area contributed by atoms with Crippen molar-refractivity contribution in [2.75, 3.05) is 45.6 Å². The van der Waals surface area contributed by atoms with Crippen LogP contribution in [0.15, 0.2) is 42.7 Å². The number of nitrogens with zero attached hydrogens (tertiary/aromatic N) is 4. The van der Waals surface area contributed by atoms with Crippen molar-refractivity contribution in [2.45, 2.75) is 6.04 Å². The summed E-state index contributed by atoms with van der Waals surface area (Å²) in [4.78, 5) is 15.5. The maximum absolute atomic E-state index is 5.90. The van der Waals surface area contributed by atoms with Gasteiger partial charge in [0.05, 0.1) is 6.04 Å². The lowest BCUT2D eigenvalue weighted by Crippen LogP contribution is -2.44. The Bertz CT molecular complexity index is 951. The zero-order valence-corrected chi connectivity index (χ0v) is 15.8. The van der Waals surface area contributed by atoms with Gasteiger partial charge in [0.15, 0.2) is 0 Å². The molecule has 1 aromatic carbocycles. The molecule has 8 nitrogen and oxygen atoms in total. The van der Waals surface area contributed by atoms with Crippen molar-refractivity contribution < 1.29 is 9.47 Å². The molecular weight excluding hydrogens is 356 g/mol. The van der Waals surface area contributed by atoms with Crippen LogP contribution in [0.2, 0.25) is 0 Å². The molecular formula is C20H24N6O2. The number of rotatable bonds is 6. The molecule has 0 spiro atoms. The Hall–Kier alpha value is -2.97. The largest absolute Gasteiger partial charge is 0.488 e. The minimum absolute atomic E-state index is 0.142. The molecule has 1 aliphatic rings. The number of ether oxygens (including phenoxy) is 2. The van der Waals surface area contributed by atoms with Crippen molar-refractivity contribution in [1.29, 1.82) is 0 Å². The highest BCUT2D eigenvalue weighted by Gasteiger charge is 2.25. The average Bonchev–Trinajstić information content (AvgIpc) is 2.72. The Labute approximate surface area is 163 Å². The number of anilines is 1. The van der Waals surface area contributed by atoms with Crippen LogP contribution in [0.4, 0.5) is 5.82 Å². The molecule has 28 heavy (non-hydrogen) atoms. The molecule has 0 bridgehead atoms. The van der Waals surface area contributed by atoms with Crippen LogP contribution in [0.3, 0.4) is 0 Å². The number of nitrogen functional groups attached to an aromatic ring is 1. The van der Waals surface area contributed by atoms with E-state index in [9.17, 15) is 0 Å². The maximum Gasteiger partial charge on any atom is 0.237 e. The monoisotopic (exact) mass is 380 g/mol. The predicted molar refractivity (Wildman–Crippen MR) is 107 cm³/mol. The Morgan fingerprint density at radius 1 is 1.14 bits per heavy atom. The molecule has 0 radical (unpaired) electrons. The Balaban J connectivity index is 1.41. The number of pyridine rings is 1. The van der Waals surface area contributed by atoms with Gasteiger partial charge in [-0.15, -0.1) is 0 Å². The minimum atomic E-state index is 0.142. The number of nitrogens with two attached hydrogens (primary N) is 1. The second kappa shape index (κ2) is 8.37. The van der Waals surface area contributed by atoms with Gasteiger partial charge in [0.1, 0.15) is 36.0 Å². The molecule has 3 aromatic rings. The van der Waals surface area contributed by atoms with E-state index in [4.69, 9.17) is 15.2 Å². The molecule has 2 aromatic heterocycles. The Morgan fingerprint density at radius 3 is 2.89 bits per heavy atom. The van der Waals surface area contributed by atoms with Crippen molar-refractivity contribution in [3.8, 4) is 11.6 Å². The van der Waals surface area contributed by atoms with Gasteiger partial charge in [-0.2, -0.15) is 0 Å². The molecule has 1 atom stereocenters. The zero-order chi connectivity index (χ0) is 19.3. The van der Waals surface area contributed by atoms with Crippen molar-refractivity contribution in [2.24, 2.45) is 0 Å². The van der Waals surface area contributed by atoms with Crippen molar-refractivity contribution in [3.63, 3.8) is 0 Å². The number of hydrogen-bond acceptors (Lipinski definition) is 8. The van der Waals surface area contributed by atoms with Gasteiger partial charge in [0.2, 0.25) is 5.88 Å². The SMILES string of the molecule is CN1CCNC[C@@H]1c1nccnc1OCCOc1cccc2ccc(N)nc12. The standard InChI is InChI=1S/C20H24N6O2/c1-26-10-9-22-13-15(26)19-20(24-8-7-23-19)28-12-11-27-16-4-2-3-14-5-6-17(21)25-18(14)16/h2-8,15,22H,9-13H2,1H3,(H2,21,25)/t15-/m1/s1. The first kappa shape index (κ1) is 18.4. The van der Waals surface area contributed by atoms with Gasteiger partial charge in [-0.3, -0.25) is 9.88 Å². The highest BCUT2D eigenvalue weighted by atomic mass is 16.5. The summed E-state index contributed by atoms with van der Waals surface area (Å²) in [5.41, 5.74) is 7.40. The van der Waals surface area contributed by atoms with Crippen LogP contribution in [0.25, 0.3) is 10.9 Å². The quantitative estimate of drug-likeness (QED) is 0.623. The predicted octanol–water partition coefficient (Wildman–Crippen LogP) is 1.64. The molecule has 8 heteroatoms. The van der Waals surface area contributed by atoms with E-state index in [-0.39, 0.29) is 6.04 Å². The fourth-order valence-electron chi connectivity index (χ4n) is 3.33. The second-order valence-corrected chi connectivity index (χ2v) is 6.71. The first-order chi connectivity index (χ1) is 13.7. The van der Waals surface area contributed by atoms with Gasteiger partial charge in [0.25, 0.3) is 0 Å². The van der Waals surface area contributed by atoms with Gasteiger partial charge in [-0.25, -0.2) is 9.97 Å². The molecule has 0 saturated carbocycles. The Morgan fingerprint density at radius 2 is 2.00 bits per heavy atom. The summed E-state index contributed by atoms with van der Waals surface area (Å²) in [6.45, 7) is 3.48. The molecule has 1 fully saturated rings.